The van der Waals surface area contributed by atoms with Gasteiger partial charge in [-0.3, -0.25) is 19.3 Å². The van der Waals surface area contributed by atoms with Gasteiger partial charge in [0.05, 0.1) is 25.2 Å². The lowest BCUT2D eigenvalue weighted by Gasteiger charge is -2.28. The van der Waals surface area contributed by atoms with Crippen LogP contribution in [0, 0.1) is 0 Å². The van der Waals surface area contributed by atoms with Crippen molar-refractivity contribution >= 4 is 56.9 Å². The Labute approximate surface area is 201 Å². The Hall–Kier alpha value is -0.690. The van der Waals surface area contributed by atoms with Gasteiger partial charge >= 0.3 is 0 Å². The number of nitrogens with one attached hydrogen (secondary N) is 3. The summed E-state index contributed by atoms with van der Waals surface area (Å²) < 4.78 is 10.8. The Bertz CT molecular complexity index is 486. The van der Waals surface area contributed by atoms with Gasteiger partial charge in [-0.1, -0.05) is 15.9 Å². The molecule has 31 heavy (non-hydrogen) atoms. The van der Waals surface area contributed by atoms with E-state index >= 15 is 0 Å². The number of hydrogen-bond donors (Lipinski definition) is 4. The lowest BCUT2D eigenvalue weighted by Crippen LogP contribution is -2.45. The molecule has 0 rings (SSSR count). The van der Waals surface area contributed by atoms with Crippen LogP contribution in [-0.2, 0) is 23.9 Å². The maximum absolute atomic E-state index is 11.3. The quantitative estimate of drug-likeness (QED) is 0.0923. The highest BCUT2D eigenvalue weighted by atomic mass is 79.9. The molecule has 10 nitrogen and oxygen atoms in total. The van der Waals surface area contributed by atoms with Gasteiger partial charge in [0.2, 0.25) is 17.7 Å². The molecule has 0 saturated heterocycles. The van der Waals surface area contributed by atoms with Crippen LogP contribution in [0.15, 0.2) is 0 Å². The van der Waals surface area contributed by atoms with Gasteiger partial charge in [-0.25, -0.2) is 0 Å². The van der Waals surface area contributed by atoms with Crippen molar-refractivity contribution in [2.75, 3.05) is 76.2 Å². The molecule has 13 heteroatoms. The number of carbonyl (C=O) groups excluding carboxylic acids is 3. The summed E-state index contributed by atoms with van der Waals surface area (Å²) in [4.78, 5) is 35.3. The zero-order valence-corrected chi connectivity index (χ0v) is 20.6. The molecular weight excluding hydrogens is 519 g/mol. The molecule has 4 N–H and O–H groups in total. The largest absolute Gasteiger partial charge is 0.379 e. The fraction of sp³-hybridized carbons (Fsp3) is 0.833. The monoisotopic (exact) mass is 550 g/mol. The molecule has 0 heterocycles. The molecule has 0 aromatic heterocycles. The predicted molar refractivity (Wildman–Crippen MR) is 123 cm³/mol. The van der Waals surface area contributed by atoms with E-state index in [0.29, 0.717) is 72.0 Å². The molecule has 0 aromatic carbocycles. The van der Waals surface area contributed by atoms with E-state index in [0.717, 1.165) is 0 Å². The highest BCUT2D eigenvalue weighted by molar-refractivity contribution is 9.09. The average molecular weight is 552 g/mol. The Morgan fingerprint density at radius 1 is 0.839 bits per heavy atom. The summed E-state index contributed by atoms with van der Waals surface area (Å²) in [5.41, 5.74) is 0. The second-order valence-corrected chi connectivity index (χ2v) is 7.43. The van der Waals surface area contributed by atoms with Gasteiger partial charge in [0.1, 0.15) is 18.0 Å². The van der Waals surface area contributed by atoms with Crippen molar-refractivity contribution in [3.63, 3.8) is 0 Å². The molecule has 0 bridgehead atoms. The first-order chi connectivity index (χ1) is 14.9. The minimum Gasteiger partial charge on any atom is -0.379 e. The number of nitrogens with zero attached hydrogens (tertiary/aromatic N) is 1. The van der Waals surface area contributed by atoms with E-state index in [-0.39, 0.29) is 34.8 Å². The van der Waals surface area contributed by atoms with Crippen molar-refractivity contribution in [3.05, 3.63) is 0 Å². The van der Waals surface area contributed by atoms with Crippen LogP contribution in [0.3, 0.4) is 0 Å². The van der Waals surface area contributed by atoms with Crippen LogP contribution in [0.5, 0.6) is 0 Å². The summed E-state index contributed by atoms with van der Waals surface area (Å²) in [6, 6.07) is 0. The number of aliphatic hydroxyl groups excluding tert-OH is 1. The smallest absolute Gasteiger partial charge is 0.234 e. The lowest BCUT2D eigenvalue weighted by atomic mass is 10.2. The Morgan fingerprint density at radius 3 is 1.87 bits per heavy atom. The summed E-state index contributed by atoms with van der Waals surface area (Å²) in [5.74, 6) is -0.905. The van der Waals surface area contributed by atoms with Crippen molar-refractivity contribution in [1.82, 2.24) is 20.9 Å². The number of alkyl halides is 3. The fourth-order valence-electron chi connectivity index (χ4n) is 2.36. The van der Waals surface area contributed by atoms with E-state index in [9.17, 15) is 19.5 Å². The molecule has 0 spiro atoms. The van der Waals surface area contributed by atoms with Gasteiger partial charge in [0.15, 0.2) is 0 Å². The Morgan fingerprint density at radius 2 is 1.35 bits per heavy atom. The number of halogens is 3. The molecular formula is C18H33BrCl2N4O6. The topological polar surface area (TPSA) is 129 Å². The van der Waals surface area contributed by atoms with Gasteiger partial charge < -0.3 is 30.5 Å². The second-order valence-electron chi connectivity index (χ2n) is 6.33. The van der Waals surface area contributed by atoms with Crippen LogP contribution >= 0.6 is 39.1 Å². The summed E-state index contributed by atoms with van der Waals surface area (Å²) in [5, 5.41) is 18.7. The number of ether oxygens (including phenoxy) is 2. The van der Waals surface area contributed by atoms with E-state index < -0.39 is 6.23 Å². The van der Waals surface area contributed by atoms with Crippen molar-refractivity contribution in [1.29, 1.82) is 0 Å². The minimum absolute atomic E-state index is 0.0877. The number of rotatable bonds is 20. The molecule has 0 fully saturated rings. The van der Waals surface area contributed by atoms with Crippen molar-refractivity contribution in [2.45, 2.75) is 19.1 Å². The first kappa shape index (κ1) is 30.3. The summed E-state index contributed by atoms with van der Waals surface area (Å²) in [6.45, 7) is 3.62. The van der Waals surface area contributed by atoms with E-state index in [4.69, 9.17) is 32.7 Å². The number of carbonyl (C=O) groups is 3. The maximum Gasteiger partial charge on any atom is 0.234 e. The molecule has 1 unspecified atom stereocenters. The Balaban J connectivity index is 3.99. The van der Waals surface area contributed by atoms with Crippen LogP contribution in [0.2, 0.25) is 0 Å². The minimum atomic E-state index is -0.751. The third kappa shape index (κ3) is 18.6. The van der Waals surface area contributed by atoms with Crippen LogP contribution in [0.25, 0.3) is 0 Å². The first-order valence-corrected chi connectivity index (χ1v) is 12.2. The highest BCUT2D eigenvalue weighted by Crippen LogP contribution is 2.04. The molecule has 0 aliphatic rings. The average Bonchev–Trinajstić information content (AvgIpc) is 2.78. The van der Waals surface area contributed by atoms with Crippen molar-refractivity contribution in [3.8, 4) is 0 Å². The normalized spacial score (nSPS) is 11.9. The summed E-state index contributed by atoms with van der Waals surface area (Å²) >= 11 is 14.0. The first-order valence-electron chi connectivity index (χ1n) is 10.00. The zero-order chi connectivity index (χ0) is 23.3. The molecule has 3 amide bonds. The second kappa shape index (κ2) is 21.2. The molecule has 0 aromatic rings. The van der Waals surface area contributed by atoms with Crippen molar-refractivity contribution in [2.24, 2.45) is 0 Å². The fourth-order valence-corrected chi connectivity index (χ4v) is 2.75. The van der Waals surface area contributed by atoms with Crippen LogP contribution in [0.4, 0.5) is 0 Å². The third-order valence-electron chi connectivity index (χ3n) is 3.92. The summed E-state index contributed by atoms with van der Waals surface area (Å²) in [7, 11) is 0. The number of amides is 3. The molecule has 0 saturated carbocycles. The van der Waals surface area contributed by atoms with Gasteiger partial charge in [-0.05, 0) is 12.8 Å². The summed E-state index contributed by atoms with van der Waals surface area (Å²) in [6.07, 6.45) is 0.339. The highest BCUT2D eigenvalue weighted by Gasteiger charge is 2.15. The Kier molecular flexibility index (Phi) is 20.7. The molecule has 0 aliphatic carbocycles. The van der Waals surface area contributed by atoms with Gasteiger partial charge in [-0.15, -0.1) is 23.2 Å². The van der Waals surface area contributed by atoms with E-state index in [1.807, 2.05) is 0 Å². The molecule has 1 atom stereocenters. The molecule has 0 aliphatic heterocycles. The van der Waals surface area contributed by atoms with Gasteiger partial charge in [-0.2, -0.15) is 0 Å². The van der Waals surface area contributed by atoms with Crippen LogP contribution in [-0.4, -0.2) is 110 Å². The third-order valence-corrected chi connectivity index (χ3v) is 4.91. The van der Waals surface area contributed by atoms with E-state index in [1.165, 1.54) is 0 Å². The predicted octanol–water partition coefficient (Wildman–Crippen LogP) is -0.359. The van der Waals surface area contributed by atoms with Crippen molar-refractivity contribution < 1.29 is 29.0 Å². The lowest BCUT2D eigenvalue weighted by molar-refractivity contribution is -0.119. The van der Waals surface area contributed by atoms with Gasteiger partial charge in [0.25, 0.3) is 0 Å². The maximum atomic E-state index is 11.3. The van der Waals surface area contributed by atoms with E-state index in [2.05, 4.69) is 31.9 Å². The molecule has 182 valence electrons. The number of aliphatic hydroxyl groups is 1. The number of hydrogen-bond acceptors (Lipinski definition) is 7. The van der Waals surface area contributed by atoms with E-state index in [1.54, 1.807) is 4.90 Å². The standard InChI is InChI=1S/C18H33BrCl2N4O6/c19-12-15(26)24-5-9-31-11-10-30-8-1-2-18(29)25(6-3-22-16(27)13-20)7-4-23-17(28)14-21/h18,29H,1-14H2,(H,22,27)(H,23,28)(H,24,26). The van der Waals surface area contributed by atoms with Crippen LogP contribution < -0.4 is 16.0 Å². The zero-order valence-electron chi connectivity index (χ0n) is 17.5. The van der Waals surface area contributed by atoms with Crippen LogP contribution in [0.1, 0.15) is 12.8 Å². The van der Waals surface area contributed by atoms with Gasteiger partial charge in [0, 0.05) is 39.3 Å². The SMILES string of the molecule is O=C(CCl)NCCN(CCNC(=O)CCl)C(O)CCCOCCOCCNC(=O)CBr. The molecule has 0 radical (unpaired) electrons.